The molecule has 0 atom stereocenters. The van der Waals surface area contributed by atoms with Crippen molar-refractivity contribution in [3.05, 3.63) is 83.9 Å². The van der Waals surface area contributed by atoms with Crippen LogP contribution in [0.3, 0.4) is 0 Å². The fourth-order valence-electron chi connectivity index (χ4n) is 3.05. The lowest BCUT2D eigenvalue weighted by atomic mass is 10.1. The normalized spacial score (nSPS) is 10.6. The van der Waals surface area contributed by atoms with Gasteiger partial charge in [-0.05, 0) is 72.5 Å². The molecule has 0 aliphatic heterocycles. The minimum atomic E-state index is 0.781. The predicted octanol–water partition coefficient (Wildman–Crippen LogP) is 6.25. The number of nitrogen functional groups attached to an aromatic ring is 1. The Bertz CT molecular complexity index is 787. The summed E-state index contributed by atoms with van der Waals surface area (Å²) in [5, 5.41) is 0. The highest BCUT2D eigenvalue weighted by atomic mass is 15.1. The van der Waals surface area contributed by atoms with Gasteiger partial charge >= 0.3 is 0 Å². The van der Waals surface area contributed by atoms with Crippen molar-refractivity contribution in [2.75, 3.05) is 10.6 Å². The summed E-state index contributed by atoms with van der Waals surface area (Å²) >= 11 is 0. The third kappa shape index (κ3) is 4.03. The van der Waals surface area contributed by atoms with Crippen LogP contribution in [0.2, 0.25) is 0 Å². The highest BCUT2D eigenvalue weighted by Gasteiger charge is 2.12. The molecule has 3 aromatic carbocycles. The molecular formula is C23H26N2. The maximum Gasteiger partial charge on any atom is 0.0463 e. The van der Waals surface area contributed by atoms with E-state index in [-0.39, 0.29) is 0 Å². The minimum absolute atomic E-state index is 0.781. The van der Waals surface area contributed by atoms with Gasteiger partial charge in [-0.3, -0.25) is 0 Å². The average Bonchev–Trinajstić information content (AvgIpc) is 2.66. The molecule has 0 saturated carbocycles. The van der Waals surface area contributed by atoms with Crippen molar-refractivity contribution in [3.63, 3.8) is 0 Å². The quantitative estimate of drug-likeness (QED) is 0.541. The first-order valence-corrected chi connectivity index (χ1v) is 9.04. The van der Waals surface area contributed by atoms with Crippen molar-refractivity contribution in [1.82, 2.24) is 0 Å². The van der Waals surface area contributed by atoms with E-state index in [0.29, 0.717) is 0 Å². The van der Waals surface area contributed by atoms with Crippen molar-refractivity contribution >= 4 is 22.7 Å². The first-order chi connectivity index (χ1) is 12.2. The molecule has 0 spiro atoms. The Morgan fingerprint density at radius 2 is 1.08 bits per heavy atom. The van der Waals surface area contributed by atoms with Gasteiger partial charge in [0.25, 0.3) is 0 Å². The van der Waals surface area contributed by atoms with Crippen LogP contribution in [0.25, 0.3) is 0 Å². The molecule has 128 valence electrons. The molecule has 0 heterocycles. The van der Waals surface area contributed by atoms with Gasteiger partial charge in [0.15, 0.2) is 0 Å². The zero-order valence-corrected chi connectivity index (χ0v) is 15.1. The maximum absolute atomic E-state index is 5.88. The van der Waals surface area contributed by atoms with Crippen molar-refractivity contribution in [2.45, 2.75) is 33.1 Å². The molecule has 2 heteroatoms. The fraction of sp³-hybridized carbons (Fsp3) is 0.217. The highest BCUT2D eigenvalue weighted by Crippen LogP contribution is 2.35. The van der Waals surface area contributed by atoms with Crippen molar-refractivity contribution in [3.8, 4) is 0 Å². The molecule has 0 amide bonds. The lowest BCUT2D eigenvalue weighted by Crippen LogP contribution is -2.10. The second-order valence-electron chi connectivity index (χ2n) is 6.36. The van der Waals surface area contributed by atoms with Gasteiger partial charge in [0.1, 0.15) is 0 Å². The smallest absolute Gasteiger partial charge is 0.0463 e. The summed E-state index contributed by atoms with van der Waals surface area (Å²) in [6.07, 6.45) is 3.33. The van der Waals surface area contributed by atoms with Crippen LogP contribution in [0.4, 0.5) is 22.7 Å². The predicted molar refractivity (Wildman–Crippen MR) is 109 cm³/mol. The van der Waals surface area contributed by atoms with Gasteiger partial charge in [-0.15, -0.1) is 0 Å². The van der Waals surface area contributed by atoms with Gasteiger partial charge in [-0.1, -0.05) is 44.5 Å². The Labute approximate surface area is 150 Å². The van der Waals surface area contributed by atoms with Gasteiger partial charge in [0.2, 0.25) is 0 Å². The Kier molecular flexibility index (Phi) is 5.39. The molecule has 25 heavy (non-hydrogen) atoms. The molecule has 3 aromatic rings. The van der Waals surface area contributed by atoms with E-state index < -0.39 is 0 Å². The number of aryl methyl sites for hydroxylation is 2. The number of benzene rings is 3. The molecular weight excluding hydrogens is 304 g/mol. The largest absolute Gasteiger partial charge is 0.399 e. The zero-order chi connectivity index (χ0) is 17.6. The molecule has 0 unspecified atom stereocenters. The second-order valence-corrected chi connectivity index (χ2v) is 6.36. The van der Waals surface area contributed by atoms with Crippen LogP contribution in [-0.4, -0.2) is 0 Å². The standard InChI is InChI=1S/C23H26N2/c1-3-5-19-8-14-22(15-9-19)25(23-16-10-20(24)11-17-23)21-12-6-18(4-2)7-13-21/h6-17H,3-5,24H2,1-2H3. The molecule has 0 aliphatic rings. The minimum Gasteiger partial charge on any atom is -0.399 e. The molecule has 0 aliphatic carbocycles. The average molecular weight is 330 g/mol. The number of hydrogen-bond acceptors (Lipinski definition) is 2. The monoisotopic (exact) mass is 330 g/mol. The molecule has 0 aromatic heterocycles. The summed E-state index contributed by atoms with van der Waals surface area (Å²) in [6.45, 7) is 4.39. The van der Waals surface area contributed by atoms with Crippen molar-refractivity contribution < 1.29 is 0 Å². The zero-order valence-electron chi connectivity index (χ0n) is 15.1. The van der Waals surface area contributed by atoms with Gasteiger partial charge in [0, 0.05) is 22.7 Å². The fourth-order valence-corrected chi connectivity index (χ4v) is 3.05. The third-order valence-corrected chi connectivity index (χ3v) is 4.49. The van der Waals surface area contributed by atoms with Crippen molar-refractivity contribution in [2.24, 2.45) is 0 Å². The van der Waals surface area contributed by atoms with E-state index in [9.17, 15) is 0 Å². The van der Waals surface area contributed by atoms with E-state index >= 15 is 0 Å². The SMILES string of the molecule is CCCc1ccc(N(c2ccc(N)cc2)c2ccc(CC)cc2)cc1. The van der Waals surface area contributed by atoms with Gasteiger partial charge in [0.05, 0.1) is 0 Å². The van der Waals surface area contributed by atoms with E-state index in [0.717, 1.165) is 35.6 Å². The van der Waals surface area contributed by atoms with Crippen LogP contribution < -0.4 is 10.6 Å². The first kappa shape index (κ1) is 17.1. The summed E-state index contributed by atoms with van der Waals surface area (Å²) in [4.78, 5) is 2.27. The second kappa shape index (κ2) is 7.89. The Morgan fingerprint density at radius 1 is 0.640 bits per heavy atom. The van der Waals surface area contributed by atoms with Crippen LogP contribution >= 0.6 is 0 Å². The van der Waals surface area contributed by atoms with Crippen LogP contribution in [0.15, 0.2) is 72.8 Å². The summed E-state index contributed by atoms with van der Waals surface area (Å²) < 4.78 is 0. The summed E-state index contributed by atoms with van der Waals surface area (Å²) in [5.41, 5.74) is 12.8. The number of nitrogens with zero attached hydrogens (tertiary/aromatic N) is 1. The summed E-state index contributed by atoms with van der Waals surface area (Å²) in [5.74, 6) is 0. The van der Waals surface area contributed by atoms with Crippen molar-refractivity contribution in [1.29, 1.82) is 0 Å². The van der Waals surface area contributed by atoms with Gasteiger partial charge < -0.3 is 10.6 Å². The first-order valence-electron chi connectivity index (χ1n) is 9.04. The lowest BCUT2D eigenvalue weighted by molar-refractivity contribution is 0.922. The van der Waals surface area contributed by atoms with E-state index in [1.165, 1.54) is 17.5 Å². The molecule has 2 N–H and O–H groups in total. The van der Waals surface area contributed by atoms with Crippen LogP contribution in [0.1, 0.15) is 31.4 Å². The molecule has 0 bridgehead atoms. The highest BCUT2D eigenvalue weighted by molar-refractivity contribution is 5.77. The Balaban J connectivity index is 2.02. The van der Waals surface area contributed by atoms with E-state index in [4.69, 9.17) is 5.73 Å². The Hall–Kier alpha value is -2.74. The van der Waals surface area contributed by atoms with Crippen LogP contribution in [-0.2, 0) is 12.8 Å². The molecule has 0 radical (unpaired) electrons. The third-order valence-electron chi connectivity index (χ3n) is 4.49. The van der Waals surface area contributed by atoms with E-state index in [1.54, 1.807) is 0 Å². The molecule has 0 saturated heterocycles. The van der Waals surface area contributed by atoms with E-state index in [2.05, 4.69) is 79.4 Å². The summed E-state index contributed by atoms with van der Waals surface area (Å²) in [6, 6.07) is 25.7. The molecule has 0 fully saturated rings. The maximum atomic E-state index is 5.88. The lowest BCUT2D eigenvalue weighted by Gasteiger charge is -2.26. The van der Waals surface area contributed by atoms with Gasteiger partial charge in [-0.25, -0.2) is 0 Å². The van der Waals surface area contributed by atoms with Gasteiger partial charge in [-0.2, -0.15) is 0 Å². The molecule has 2 nitrogen and oxygen atoms in total. The Morgan fingerprint density at radius 3 is 1.52 bits per heavy atom. The number of rotatable bonds is 6. The van der Waals surface area contributed by atoms with Crippen LogP contribution in [0.5, 0.6) is 0 Å². The van der Waals surface area contributed by atoms with E-state index in [1.807, 2.05) is 12.1 Å². The number of nitrogens with two attached hydrogens (primary N) is 1. The summed E-state index contributed by atoms with van der Waals surface area (Å²) in [7, 11) is 0. The number of hydrogen-bond donors (Lipinski definition) is 1. The number of anilines is 4. The molecule has 3 rings (SSSR count). The van der Waals surface area contributed by atoms with Crippen LogP contribution in [0, 0.1) is 0 Å². The topological polar surface area (TPSA) is 29.3 Å².